The van der Waals surface area contributed by atoms with Crippen LogP contribution in [0.3, 0.4) is 0 Å². The summed E-state index contributed by atoms with van der Waals surface area (Å²) in [6, 6.07) is 10.7. The summed E-state index contributed by atoms with van der Waals surface area (Å²) < 4.78 is 41.6. The van der Waals surface area contributed by atoms with Gasteiger partial charge in [-0.2, -0.15) is 23.3 Å². The molecule has 1 aliphatic heterocycles. The van der Waals surface area contributed by atoms with Gasteiger partial charge in [0.25, 0.3) is 11.6 Å². The standard InChI is InChI=1S/C18H13BrClF3N2O2/c1-10-2-7-13(14(20)8-10)16(26)25-17(27,18(21,22)23)9-15(24-25)11-3-5-12(19)6-4-11/h2-8,27H,9H2,1H3/t17-/m0/s1. The first kappa shape index (κ1) is 19.9. The van der Waals surface area contributed by atoms with Crippen LogP contribution in [0.4, 0.5) is 13.2 Å². The Balaban J connectivity index is 2.07. The van der Waals surface area contributed by atoms with Crippen molar-refractivity contribution in [3.63, 3.8) is 0 Å². The number of nitrogens with zero attached hydrogens (tertiary/aromatic N) is 2. The zero-order valence-corrected chi connectivity index (χ0v) is 16.2. The van der Waals surface area contributed by atoms with Crippen LogP contribution in [0.25, 0.3) is 0 Å². The molecule has 1 atom stereocenters. The summed E-state index contributed by atoms with van der Waals surface area (Å²) in [5.41, 5.74) is -2.58. The van der Waals surface area contributed by atoms with Gasteiger partial charge < -0.3 is 5.11 Å². The van der Waals surface area contributed by atoms with E-state index in [2.05, 4.69) is 21.0 Å². The summed E-state index contributed by atoms with van der Waals surface area (Å²) >= 11 is 9.26. The lowest BCUT2D eigenvalue weighted by molar-refractivity contribution is -0.297. The molecule has 0 saturated carbocycles. The fourth-order valence-electron chi connectivity index (χ4n) is 2.69. The fourth-order valence-corrected chi connectivity index (χ4v) is 3.27. The summed E-state index contributed by atoms with van der Waals surface area (Å²) in [5.74, 6) is -1.13. The van der Waals surface area contributed by atoms with Crippen LogP contribution in [0.1, 0.15) is 27.9 Å². The molecule has 142 valence electrons. The van der Waals surface area contributed by atoms with Gasteiger partial charge in [-0.05, 0) is 42.3 Å². The first-order valence-corrected chi connectivity index (χ1v) is 8.93. The highest BCUT2D eigenvalue weighted by molar-refractivity contribution is 9.10. The third-order valence-corrected chi connectivity index (χ3v) is 5.01. The molecule has 2 aromatic carbocycles. The van der Waals surface area contributed by atoms with E-state index in [4.69, 9.17) is 11.6 Å². The lowest BCUT2D eigenvalue weighted by Gasteiger charge is -2.32. The largest absolute Gasteiger partial charge is 0.438 e. The Hall–Kier alpha value is -1.90. The highest BCUT2D eigenvalue weighted by Crippen LogP contribution is 2.42. The SMILES string of the molecule is Cc1ccc(C(=O)N2N=C(c3ccc(Br)cc3)C[C@]2(O)C(F)(F)F)c(Cl)c1. The molecule has 1 N–H and O–H groups in total. The highest BCUT2D eigenvalue weighted by atomic mass is 79.9. The zero-order valence-electron chi connectivity index (χ0n) is 13.9. The Morgan fingerprint density at radius 2 is 1.89 bits per heavy atom. The van der Waals surface area contributed by atoms with E-state index in [1.54, 1.807) is 37.3 Å². The van der Waals surface area contributed by atoms with E-state index in [1.165, 1.54) is 12.1 Å². The second kappa shape index (κ2) is 6.92. The first-order valence-electron chi connectivity index (χ1n) is 7.76. The molecule has 3 rings (SSSR count). The maximum Gasteiger partial charge on any atom is 0.438 e. The maximum atomic E-state index is 13.6. The van der Waals surface area contributed by atoms with Gasteiger partial charge in [0.05, 0.1) is 22.7 Å². The van der Waals surface area contributed by atoms with Gasteiger partial charge in [0.15, 0.2) is 0 Å². The van der Waals surface area contributed by atoms with Gasteiger partial charge in [-0.3, -0.25) is 4.79 Å². The van der Waals surface area contributed by atoms with E-state index in [9.17, 15) is 23.1 Å². The minimum absolute atomic E-state index is 0.0168. The summed E-state index contributed by atoms with van der Waals surface area (Å²) in [5, 5.41) is 14.2. The number of benzene rings is 2. The molecule has 0 unspecified atom stereocenters. The number of hydrazone groups is 1. The molecule has 9 heteroatoms. The number of amides is 1. The monoisotopic (exact) mass is 460 g/mol. The summed E-state index contributed by atoms with van der Waals surface area (Å²) in [4.78, 5) is 12.7. The van der Waals surface area contributed by atoms with Crippen molar-refractivity contribution in [2.75, 3.05) is 0 Å². The first-order chi connectivity index (χ1) is 12.5. The second-order valence-electron chi connectivity index (χ2n) is 6.14. The molecule has 1 heterocycles. The van der Waals surface area contributed by atoms with Crippen LogP contribution < -0.4 is 0 Å². The van der Waals surface area contributed by atoms with Crippen molar-refractivity contribution in [1.29, 1.82) is 0 Å². The van der Waals surface area contributed by atoms with Crippen LogP contribution in [0.2, 0.25) is 5.02 Å². The Bertz CT molecular complexity index is 931. The molecule has 1 amide bonds. The highest BCUT2D eigenvalue weighted by Gasteiger charge is 2.63. The minimum Gasteiger partial charge on any atom is -0.362 e. The van der Waals surface area contributed by atoms with Gasteiger partial charge in [0, 0.05) is 4.47 Å². The Morgan fingerprint density at radius 1 is 1.26 bits per heavy atom. The topological polar surface area (TPSA) is 52.9 Å². The van der Waals surface area contributed by atoms with Crippen molar-refractivity contribution in [1.82, 2.24) is 5.01 Å². The van der Waals surface area contributed by atoms with E-state index in [1.807, 2.05) is 0 Å². The average Bonchev–Trinajstić information content (AvgIpc) is 2.94. The number of rotatable bonds is 2. The lowest BCUT2D eigenvalue weighted by Crippen LogP contribution is -2.56. The van der Waals surface area contributed by atoms with E-state index in [0.717, 1.165) is 10.0 Å². The Labute approximate surface area is 166 Å². The lowest BCUT2D eigenvalue weighted by atomic mass is 10.0. The molecule has 1 aliphatic rings. The molecule has 0 fully saturated rings. The second-order valence-corrected chi connectivity index (χ2v) is 7.47. The fraction of sp³-hybridized carbons (Fsp3) is 0.222. The molecule has 0 spiro atoms. The van der Waals surface area contributed by atoms with Crippen molar-refractivity contribution >= 4 is 39.1 Å². The van der Waals surface area contributed by atoms with Crippen molar-refractivity contribution in [3.05, 3.63) is 68.7 Å². The molecule has 0 aromatic heterocycles. The van der Waals surface area contributed by atoms with Crippen molar-refractivity contribution in [2.45, 2.75) is 25.2 Å². The zero-order chi connectivity index (χ0) is 20.0. The van der Waals surface area contributed by atoms with Crippen molar-refractivity contribution in [3.8, 4) is 0 Å². The van der Waals surface area contributed by atoms with Crippen LogP contribution in [0.5, 0.6) is 0 Å². The summed E-state index contributed by atoms with van der Waals surface area (Å²) in [6.45, 7) is 1.73. The molecule has 0 bridgehead atoms. The van der Waals surface area contributed by atoms with E-state index >= 15 is 0 Å². The number of aliphatic hydroxyl groups is 1. The number of halogens is 5. The number of alkyl halides is 3. The van der Waals surface area contributed by atoms with Crippen LogP contribution >= 0.6 is 27.5 Å². The number of aryl methyl sites for hydroxylation is 1. The number of hydrogen-bond acceptors (Lipinski definition) is 3. The quantitative estimate of drug-likeness (QED) is 0.691. The van der Waals surface area contributed by atoms with Gasteiger partial charge >= 0.3 is 6.18 Å². The van der Waals surface area contributed by atoms with Crippen LogP contribution in [-0.2, 0) is 0 Å². The summed E-state index contributed by atoms with van der Waals surface area (Å²) in [6.07, 6.45) is -5.99. The molecule has 0 radical (unpaired) electrons. The normalized spacial score (nSPS) is 20.0. The van der Waals surface area contributed by atoms with Crippen molar-refractivity contribution in [2.24, 2.45) is 5.10 Å². The predicted molar refractivity (Wildman–Crippen MR) is 98.7 cm³/mol. The Morgan fingerprint density at radius 3 is 2.44 bits per heavy atom. The van der Waals surface area contributed by atoms with E-state index in [-0.39, 0.29) is 21.3 Å². The third-order valence-electron chi connectivity index (χ3n) is 4.16. The molecular weight excluding hydrogens is 449 g/mol. The molecule has 0 saturated heterocycles. The maximum absolute atomic E-state index is 13.6. The number of carbonyl (C=O) groups is 1. The number of hydrogen-bond donors (Lipinski definition) is 1. The predicted octanol–water partition coefficient (Wildman–Crippen LogP) is 4.91. The molecule has 27 heavy (non-hydrogen) atoms. The van der Waals surface area contributed by atoms with Crippen LogP contribution in [-0.4, -0.2) is 33.6 Å². The van der Waals surface area contributed by atoms with E-state index in [0.29, 0.717) is 5.56 Å². The van der Waals surface area contributed by atoms with Crippen molar-refractivity contribution < 1.29 is 23.1 Å². The van der Waals surface area contributed by atoms with Gasteiger partial charge in [-0.25, -0.2) is 0 Å². The molecule has 4 nitrogen and oxygen atoms in total. The van der Waals surface area contributed by atoms with Gasteiger partial charge in [0.1, 0.15) is 0 Å². The Kier molecular flexibility index (Phi) is 5.09. The van der Waals surface area contributed by atoms with Gasteiger partial charge in [-0.15, -0.1) is 0 Å². The van der Waals surface area contributed by atoms with Gasteiger partial charge in [0.2, 0.25) is 0 Å². The molecule has 2 aromatic rings. The number of carbonyl (C=O) groups excluding carboxylic acids is 1. The molecular formula is C18H13BrClF3N2O2. The van der Waals surface area contributed by atoms with Crippen LogP contribution in [0.15, 0.2) is 52.0 Å². The average molecular weight is 462 g/mol. The minimum atomic E-state index is -5.11. The molecule has 0 aliphatic carbocycles. The smallest absolute Gasteiger partial charge is 0.362 e. The van der Waals surface area contributed by atoms with E-state index < -0.39 is 24.2 Å². The van der Waals surface area contributed by atoms with Gasteiger partial charge in [-0.1, -0.05) is 45.7 Å². The summed E-state index contributed by atoms with van der Waals surface area (Å²) in [7, 11) is 0. The van der Waals surface area contributed by atoms with Crippen LogP contribution in [0, 0.1) is 6.92 Å². The third kappa shape index (κ3) is 3.61.